The Morgan fingerprint density at radius 1 is 1.34 bits per heavy atom. The van der Waals surface area contributed by atoms with Crippen molar-refractivity contribution in [2.24, 2.45) is 5.41 Å². The normalized spacial score (nSPS) is 13.6. The number of amides is 1. The van der Waals surface area contributed by atoms with E-state index in [1.165, 1.54) is 6.07 Å². The number of nitrogens with one attached hydrogen (secondary N) is 1. The van der Waals surface area contributed by atoms with Gasteiger partial charge in [0.2, 0.25) is 5.91 Å². The highest BCUT2D eigenvalue weighted by Gasteiger charge is 2.23. The molecule has 1 aromatic heterocycles. The first-order valence-electron chi connectivity index (χ1n) is 9.90. The Labute approximate surface area is 171 Å². The molecule has 2 heterocycles. The van der Waals surface area contributed by atoms with Gasteiger partial charge in [-0.05, 0) is 42.4 Å². The number of aryl methyl sites for hydroxylation is 2. The summed E-state index contributed by atoms with van der Waals surface area (Å²) in [5.74, 6) is -0.743. The Morgan fingerprint density at radius 2 is 2.10 bits per heavy atom. The Balaban J connectivity index is 1.81. The molecule has 1 aliphatic heterocycles. The summed E-state index contributed by atoms with van der Waals surface area (Å²) in [5.41, 5.74) is 4.06. The van der Waals surface area contributed by atoms with E-state index in [-0.39, 0.29) is 17.1 Å². The minimum absolute atomic E-state index is 0.00840. The van der Waals surface area contributed by atoms with E-state index in [9.17, 15) is 9.18 Å². The predicted octanol–water partition coefficient (Wildman–Crippen LogP) is 4.73. The third-order valence-electron chi connectivity index (χ3n) is 4.95. The molecule has 1 aromatic carbocycles. The molecule has 2 aromatic rings. The first kappa shape index (κ1) is 20.8. The lowest BCUT2D eigenvalue weighted by Gasteiger charge is -2.31. The van der Waals surface area contributed by atoms with Crippen LogP contribution in [0.15, 0.2) is 24.3 Å². The van der Waals surface area contributed by atoms with Gasteiger partial charge in [-0.15, -0.1) is 0 Å². The van der Waals surface area contributed by atoms with E-state index in [0.29, 0.717) is 18.5 Å². The van der Waals surface area contributed by atoms with Gasteiger partial charge in [0.1, 0.15) is 0 Å². The molecule has 0 unspecified atom stereocenters. The van der Waals surface area contributed by atoms with Crippen molar-refractivity contribution < 1.29 is 9.18 Å². The molecule has 0 fully saturated rings. The zero-order chi connectivity index (χ0) is 21.2. The lowest BCUT2D eigenvalue weighted by atomic mass is 9.92. The van der Waals surface area contributed by atoms with Crippen LogP contribution in [0.25, 0.3) is 0 Å². The topological polar surface area (TPSA) is 69.0 Å². The molecule has 3 rings (SSSR count). The molecule has 0 saturated heterocycles. The molecular weight excluding hydrogens is 367 g/mol. The lowest BCUT2D eigenvalue weighted by Crippen LogP contribution is -2.30. The minimum Gasteiger partial charge on any atom is -0.366 e. The van der Waals surface area contributed by atoms with Gasteiger partial charge < -0.3 is 10.2 Å². The SMILES string of the molecule is Cc1cc(CN2CCCc3nc(NC(=O)CC(C)(C)C)c(F)cc32)ccc1C#N. The van der Waals surface area contributed by atoms with Crippen LogP contribution in [0.5, 0.6) is 0 Å². The Kier molecular flexibility index (Phi) is 5.88. The number of nitrogens with zero attached hydrogens (tertiary/aromatic N) is 3. The second-order valence-electron chi connectivity index (χ2n) is 8.86. The zero-order valence-electron chi connectivity index (χ0n) is 17.5. The van der Waals surface area contributed by atoms with Crippen molar-refractivity contribution in [3.8, 4) is 6.07 Å². The van der Waals surface area contributed by atoms with Crippen molar-refractivity contribution in [2.45, 2.75) is 53.5 Å². The number of nitriles is 1. The average molecular weight is 394 g/mol. The molecule has 29 heavy (non-hydrogen) atoms. The van der Waals surface area contributed by atoms with Gasteiger partial charge in [0.15, 0.2) is 11.6 Å². The molecule has 6 heteroatoms. The van der Waals surface area contributed by atoms with Crippen molar-refractivity contribution in [3.63, 3.8) is 0 Å². The van der Waals surface area contributed by atoms with Crippen LogP contribution in [-0.2, 0) is 17.8 Å². The van der Waals surface area contributed by atoms with Crippen molar-refractivity contribution in [3.05, 3.63) is 52.5 Å². The standard InChI is InChI=1S/C23H27FN4O/c1-15-10-16(7-8-17(15)13-25)14-28-9-5-6-19-20(28)11-18(24)22(26-19)27-21(29)12-23(2,3)4/h7-8,10-11H,5-6,9,12,14H2,1-4H3,(H,26,27,29). The van der Waals surface area contributed by atoms with Gasteiger partial charge in [-0.1, -0.05) is 32.9 Å². The number of hydrogen-bond donors (Lipinski definition) is 1. The van der Waals surface area contributed by atoms with Crippen LogP contribution in [0.4, 0.5) is 15.9 Å². The number of pyridine rings is 1. The average Bonchev–Trinajstić information content (AvgIpc) is 2.61. The van der Waals surface area contributed by atoms with Gasteiger partial charge in [0.05, 0.1) is 23.0 Å². The summed E-state index contributed by atoms with van der Waals surface area (Å²) in [7, 11) is 0. The van der Waals surface area contributed by atoms with Gasteiger partial charge >= 0.3 is 0 Å². The molecular formula is C23H27FN4O. The number of rotatable bonds is 4. The monoisotopic (exact) mass is 394 g/mol. The van der Waals surface area contributed by atoms with E-state index in [1.807, 2.05) is 45.9 Å². The largest absolute Gasteiger partial charge is 0.366 e. The van der Waals surface area contributed by atoms with Crippen LogP contribution in [-0.4, -0.2) is 17.4 Å². The maximum absolute atomic E-state index is 14.7. The van der Waals surface area contributed by atoms with E-state index in [2.05, 4.69) is 21.3 Å². The number of benzene rings is 1. The number of fused-ring (bicyclic) bond motifs is 1. The number of hydrogen-bond acceptors (Lipinski definition) is 4. The van der Waals surface area contributed by atoms with Gasteiger partial charge in [-0.25, -0.2) is 9.37 Å². The first-order valence-corrected chi connectivity index (χ1v) is 9.90. The molecule has 0 atom stereocenters. The van der Waals surface area contributed by atoms with E-state index >= 15 is 0 Å². The maximum Gasteiger partial charge on any atom is 0.226 e. The van der Waals surface area contributed by atoms with Crippen LogP contribution in [0, 0.1) is 29.5 Å². The Hall–Kier alpha value is -2.94. The molecule has 0 bridgehead atoms. The van der Waals surface area contributed by atoms with Crippen molar-refractivity contribution in [1.82, 2.24) is 4.98 Å². The fourth-order valence-corrected chi connectivity index (χ4v) is 3.61. The second-order valence-corrected chi connectivity index (χ2v) is 8.86. The van der Waals surface area contributed by atoms with Gasteiger partial charge in [-0.3, -0.25) is 4.79 Å². The fourth-order valence-electron chi connectivity index (χ4n) is 3.61. The molecule has 1 aliphatic rings. The smallest absolute Gasteiger partial charge is 0.226 e. The van der Waals surface area contributed by atoms with Crippen LogP contribution >= 0.6 is 0 Å². The summed E-state index contributed by atoms with van der Waals surface area (Å²) in [6, 6.07) is 9.41. The molecule has 152 valence electrons. The molecule has 0 spiro atoms. The third kappa shape index (κ3) is 5.11. The molecule has 1 amide bonds. The summed E-state index contributed by atoms with van der Waals surface area (Å²) < 4.78 is 14.7. The highest BCUT2D eigenvalue weighted by molar-refractivity contribution is 5.90. The van der Waals surface area contributed by atoms with E-state index < -0.39 is 5.82 Å². The van der Waals surface area contributed by atoms with Crippen LogP contribution in [0.2, 0.25) is 0 Å². The minimum atomic E-state index is -0.520. The maximum atomic E-state index is 14.7. The van der Waals surface area contributed by atoms with Crippen molar-refractivity contribution in [2.75, 3.05) is 16.8 Å². The molecule has 0 saturated carbocycles. The summed E-state index contributed by atoms with van der Waals surface area (Å²) in [6.07, 6.45) is 1.96. The fraction of sp³-hybridized carbons (Fsp3) is 0.435. The van der Waals surface area contributed by atoms with E-state index in [0.717, 1.165) is 41.9 Å². The number of anilines is 2. The summed E-state index contributed by atoms with van der Waals surface area (Å²) in [6.45, 7) is 9.24. The van der Waals surface area contributed by atoms with Crippen molar-refractivity contribution >= 4 is 17.4 Å². The highest BCUT2D eigenvalue weighted by atomic mass is 19.1. The number of halogens is 1. The number of carbonyl (C=O) groups is 1. The Bertz CT molecular complexity index is 972. The quantitative estimate of drug-likeness (QED) is 0.814. The summed E-state index contributed by atoms with van der Waals surface area (Å²) in [4.78, 5) is 18.7. The zero-order valence-corrected chi connectivity index (χ0v) is 17.5. The van der Waals surface area contributed by atoms with Crippen LogP contribution in [0.1, 0.15) is 56.0 Å². The predicted molar refractivity (Wildman–Crippen MR) is 112 cm³/mol. The van der Waals surface area contributed by atoms with Crippen LogP contribution in [0.3, 0.4) is 0 Å². The molecule has 0 radical (unpaired) electrons. The van der Waals surface area contributed by atoms with E-state index in [1.54, 1.807) is 0 Å². The lowest BCUT2D eigenvalue weighted by molar-refractivity contribution is -0.117. The molecule has 5 nitrogen and oxygen atoms in total. The van der Waals surface area contributed by atoms with Gasteiger partial charge in [0.25, 0.3) is 0 Å². The Morgan fingerprint density at radius 3 is 2.76 bits per heavy atom. The van der Waals surface area contributed by atoms with Gasteiger partial charge in [0, 0.05) is 25.6 Å². The number of carbonyl (C=O) groups excluding carboxylic acids is 1. The summed E-state index contributed by atoms with van der Waals surface area (Å²) >= 11 is 0. The first-order chi connectivity index (χ1) is 13.7. The van der Waals surface area contributed by atoms with E-state index in [4.69, 9.17) is 5.26 Å². The highest BCUT2D eigenvalue weighted by Crippen LogP contribution is 2.31. The van der Waals surface area contributed by atoms with Crippen LogP contribution < -0.4 is 10.2 Å². The third-order valence-corrected chi connectivity index (χ3v) is 4.95. The second kappa shape index (κ2) is 8.20. The van der Waals surface area contributed by atoms with Gasteiger partial charge in [-0.2, -0.15) is 5.26 Å². The molecule has 0 aliphatic carbocycles. The number of aromatic nitrogens is 1. The molecule has 1 N–H and O–H groups in total. The summed E-state index contributed by atoms with van der Waals surface area (Å²) in [5, 5.41) is 11.7. The van der Waals surface area contributed by atoms with Crippen molar-refractivity contribution in [1.29, 1.82) is 5.26 Å².